The molecule has 0 atom stereocenters. The lowest BCUT2D eigenvalue weighted by molar-refractivity contribution is -0.341. The minimum Gasteiger partial charge on any atom is -0.843 e. The number of rotatable bonds is 6. The molecular weight excluding hydrogens is 394 g/mol. The van der Waals surface area contributed by atoms with Crippen molar-refractivity contribution < 1.29 is 39.6 Å². The van der Waals surface area contributed by atoms with Gasteiger partial charge in [0.25, 0.3) is 0 Å². The highest BCUT2D eigenvalue weighted by molar-refractivity contribution is 8.07. The van der Waals surface area contributed by atoms with E-state index in [0.717, 1.165) is 18.7 Å². The SMILES string of the molecule is C.C.CC.CCOC.O=S(=O)(C[O-])C(F)(F)S(=O)(=O)Oc1ccccc1. The number of ether oxygens (including phenoxy) is 1. The van der Waals surface area contributed by atoms with Gasteiger partial charge in [0.2, 0.25) is 9.84 Å². The Labute approximate surface area is 156 Å². The Morgan fingerprint density at radius 3 is 1.73 bits per heavy atom. The second-order valence-corrected chi connectivity index (χ2v) is 7.45. The van der Waals surface area contributed by atoms with Gasteiger partial charge in [-0.15, -0.1) is 0 Å². The number of benzene rings is 1. The summed E-state index contributed by atoms with van der Waals surface area (Å²) in [4.78, 5) is 0. The van der Waals surface area contributed by atoms with Crippen LogP contribution in [0.4, 0.5) is 8.78 Å². The summed E-state index contributed by atoms with van der Waals surface area (Å²) in [5.74, 6) is -2.75. The molecule has 0 amide bonds. The summed E-state index contributed by atoms with van der Waals surface area (Å²) >= 11 is 0. The van der Waals surface area contributed by atoms with Crippen molar-refractivity contribution in [2.75, 3.05) is 19.7 Å². The van der Waals surface area contributed by atoms with Gasteiger partial charge in [-0.05, 0) is 25.0 Å². The minimum atomic E-state index is -5.80. The van der Waals surface area contributed by atoms with Gasteiger partial charge in [-0.1, -0.05) is 46.9 Å². The summed E-state index contributed by atoms with van der Waals surface area (Å²) in [7, 11) is -9.80. The Hall–Kier alpha value is -1.30. The maximum atomic E-state index is 13.2. The summed E-state index contributed by atoms with van der Waals surface area (Å²) in [5.41, 5.74) is 0. The first-order chi connectivity index (χ1) is 11.1. The molecule has 0 radical (unpaired) electrons. The van der Waals surface area contributed by atoms with E-state index in [4.69, 9.17) is 0 Å². The molecule has 0 saturated heterocycles. The number of halogens is 2. The van der Waals surface area contributed by atoms with E-state index in [-0.39, 0.29) is 14.9 Å². The second kappa shape index (κ2) is 14.8. The summed E-state index contributed by atoms with van der Waals surface area (Å²) in [5, 5.41) is 10.1. The number of sulfone groups is 1. The normalized spacial score (nSPS) is 10.6. The Bertz CT molecular complexity index is 644. The molecule has 0 unspecified atom stereocenters. The molecule has 0 aliphatic carbocycles. The van der Waals surface area contributed by atoms with Gasteiger partial charge in [0.1, 0.15) is 5.75 Å². The lowest BCUT2D eigenvalue weighted by Crippen LogP contribution is -2.44. The zero-order valence-corrected chi connectivity index (χ0v) is 15.4. The predicted octanol–water partition coefficient (Wildman–Crippen LogP) is 2.63. The number of hydrogen-bond donors (Lipinski definition) is 0. The van der Waals surface area contributed by atoms with Crippen LogP contribution in [0.5, 0.6) is 5.75 Å². The standard InChI is InChI=1S/C8H7F2O6S2.C3H8O.C2H6.2CH4/c9-8(10,17(12,13)6-11)18(14,15)16-7-4-2-1-3-5-7;1-3-4-2;1-2;;/h1-5H,6H2;3H2,1-2H3;1-2H3;2*1H4/q-1;;;;. The van der Waals surface area contributed by atoms with Crippen LogP contribution in [0.15, 0.2) is 30.3 Å². The zero-order chi connectivity index (χ0) is 19.4. The minimum absolute atomic E-state index is 0. The molecule has 1 aromatic rings. The van der Waals surface area contributed by atoms with Gasteiger partial charge in [0.15, 0.2) is 0 Å². The first-order valence-corrected chi connectivity index (χ1v) is 9.78. The van der Waals surface area contributed by atoms with Gasteiger partial charge in [0, 0.05) is 13.7 Å². The van der Waals surface area contributed by atoms with Gasteiger partial charge in [-0.2, -0.15) is 17.2 Å². The van der Waals surface area contributed by atoms with E-state index in [1.54, 1.807) is 7.11 Å². The molecule has 1 aromatic carbocycles. The topological polar surface area (TPSA) is 110 Å². The summed E-state index contributed by atoms with van der Waals surface area (Å²) < 4.78 is 73.3. The third kappa shape index (κ3) is 9.41. The quantitative estimate of drug-likeness (QED) is 0.647. The predicted molar refractivity (Wildman–Crippen MR) is 97.1 cm³/mol. The molecule has 0 aliphatic rings. The Kier molecular flexibility index (Phi) is 18.5. The molecule has 158 valence electrons. The van der Waals surface area contributed by atoms with Gasteiger partial charge < -0.3 is 14.0 Å². The van der Waals surface area contributed by atoms with Crippen LogP contribution in [0.3, 0.4) is 0 Å². The molecule has 0 bridgehead atoms. The van der Waals surface area contributed by atoms with Crippen molar-refractivity contribution in [3.8, 4) is 5.75 Å². The Balaban J connectivity index is -0.000000267. The van der Waals surface area contributed by atoms with Crippen LogP contribution < -0.4 is 9.29 Å². The first kappa shape index (κ1) is 32.4. The second-order valence-electron chi connectivity index (χ2n) is 3.62. The van der Waals surface area contributed by atoms with Crippen LogP contribution in [0, 0.1) is 0 Å². The van der Waals surface area contributed by atoms with Crippen molar-refractivity contribution in [2.24, 2.45) is 0 Å². The van der Waals surface area contributed by atoms with Crippen LogP contribution >= 0.6 is 0 Å². The number of methoxy groups -OCH3 is 1. The molecule has 0 heterocycles. The number of para-hydroxylation sites is 1. The lowest BCUT2D eigenvalue weighted by Gasteiger charge is -2.18. The first-order valence-electron chi connectivity index (χ1n) is 6.72. The zero-order valence-electron chi connectivity index (χ0n) is 13.7. The monoisotopic (exact) mass is 423 g/mol. The van der Waals surface area contributed by atoms with E-state index in [1.807, 2.05) is 20.8 Å². The van der Waals surface area contributed by atoms with Crippen LogP contribution in [0.1, 0.15) is 35.6 Å². The molecule has 0 saturated carbocycles. The average molecular weight is 424 g/mol. The summed E-state index contributed by atoms with van der Waals surface area (Å²) in [6.45, 7) is 6.78. The maximum absolute atomic E-state index is 13.2. The van der Waals surface area contributed by atoms with Crippen LogP contribution in [-0.2, 0) is 24.7 Å². The molecule has 0 N–H and O–H groups in total. The lowest BCUT2D eigenvalue weighted by atomic mass is 10.3. The van der Waals surface area contributed by atoms with Crippen molar-refractivity contribution in [1.82, 2.24) is 0 Å². The highest BCUT2D eigenvalue weighted by atomic mass is 32.3. The number of hydrogen-bond acceptors (Lipinski definition) is 7. The molecule has 0 aliphatic heterocycles. The van der Waals surface area contributed by atoms with E-state index < -0.39 is 36.2 Å². The highest BCUT2D eigenvalue weighted by Crippen LogP contribution is 2.31. The van der Waals surface area contributed by atoms with E-state index in [0.29, 0.717) is 0 Å². The average Bonchev–Trinajstić information content (AvgIpc) is 2.57. The van der Waals surface area contributed by atoms with Crippen molar-refractivity contribution in [3.05, 3.63) is 30.3 Å². The van der Waals surface area contributed by atoms with Crippen molar-refractivity contribution in [2.45, 2.75) is 40.2 Å². The van der Waals surface area contributed by atoms with E-state index >= 15 is 0 Å². The molecule has 0 aromatic heterocycles. The largest absolute Gasteiger partial charge is 0.843 e. The van der Waals surface area contributed by atoms with E-state index in [2.05, 4.69) is 8.92 Å². The van der Waals surface area contributed by atoms with Gasteiger partial charge in [-0.3, -0.25) is 0 Å². The van der Waals surface area contributed by atoms with Gasteiger partial charge >= 0.3 is 14.7 Å². The molecule has 11 heteroatoms. The summed E-state index contributed by atoms with van der Waals surface area (Å²) in [6.07, 6.45) is 0. The van der Waals surface area contributed by atoms with Crippen molar-refractivity contribution in [1.29, 1.82) is 0 Å². The van der Waals surface area contributed by atoms with Crippen LogP contribution in [-0.4, -0.2) is 41.1 Å². The Morgan fingerprint density at radius 1 is 1.04 bits per heavy atom. The van der Waals surface area contributed by atoms with Gasteiger partial charge in [0.05, 0.1) is 0 Å². The smallest absolute Gasteiger partial charge is 0.480 e. The van der Waals surface area contributed by atoms with E-state index in [9.17, 15) is 30.7 Å². The van der Waals surface area contributed by atoms with Crippen LogP contribution in [0.2, 0.25) is 0 Å². The molecule has 1 rings (SSSR count). The van der Waals surface area contributed by atoms with E-state index in [1.165, 1.54) is 18.2 Å². The van der Waals surface area contributed by atoms with Crippen molar-refractivity contribution >= 4 is 20.0 Å². The molecule has 26 heavy (non-hydrogen) atoms. The summed E-state index contributed by atoms with van der Waals surface area (Å²) in [6, 6.07) is 6.14. The number of alkyl halides is 2. The maximum Gasteiger partial charge on any atom is 0.480 e. The fourth-order valence-electron chi connectivity index (χ4n) is 0.875. The highest BCUT2D eigenvalue weighted by Gasteiger charge is 2.57. The fraction of sp³-hybridized carbons (Fsp3) is 0.600. The molecule has 0 spiro atoms. The third-order valence-corrected chi connectivity index (χ3v) is 5.45. The van der Waals surface area contributed by atoms with Gasteiger partial charge in [-0.25, -0.2) is 8.42 Å². The Morgan fingerprint density at radius 2 is 1.42 bits per heavy atom. The van der Waals surface area contributed by atoms with Crippen LogP contribution in [0.25, 0.3) is 0 Å². The third-order valence-electron chi connectivity index (χ3n) is 2.05. The molecule has 7 nitrogen and oxygen atoms in total. The molecule has 0 fully saturated rings. The van der Waals surface area contributed by atoms with Crippen molar-refractivity contribution in [3.63, 3.8) is 0 Å². The molecular formula is C15H29F2O7S2-. The fourth-order valence-corrected chi connectivity index (χ4v) is 2.96.